The molecule has 0 aliphatic heterocycles. The molecule has 0 saturated heterocycles. The van der Waals surface area contributed by atoms with Gasteiger partial charge in [-0.25, -0.2) is 0 Å². The van der Waals surface area contributed by atoms with Gasteiger partial charge in [0.2, 0.25) is 0 Å². The Hall–Kier alpha value is -0.240. The first-order valence-electron chi connectivity index (χ1n) is 16.4. The van der Waals surface area contributed by atoms with Crippen LogP contribution in [-0.4, -0.2) is 76.3 Å². The molecule has 0 radical (unpaired) electrons. The number of aliphatic hydroxyl groups excluding tert-OH is 2. The lowest BCUT2D eigenvalue weighted by molar-refractivity contribution is 0.00230. The summed E-state index contributed by atoms with van der Waals surface area (Å²) < 4.78 is 20.8. The average Bonchev–Trinajstić information content (AvgIpc) is 2.93. The van der Waals surface area contributed by atoms with Crippen molar-refractivity contribution < 1.29 is 29.2 Å². The summed E-state index contributed by atoms with van der Waals surface area (Å²) in [4.78, 5) is 0. The molecule has 6 heteroatoms. The molecule has 0 bridgehead atoms. The Bertz CT molecular complexity index is 338. The monoisotopic (exact) mass is 549 g/mol. The minimum Gasteiger partial charge on any atom is -0.394 e. The van der Waals surface area contributed by atoms with Crippen molar-refractivity contribution in [1.29, 1.82) is 0 Å². The second-order valence-corrected chi connectivity index (χ2v) is 10.3. The Labute approximate surface area is 237 Å². The van der Waals surface area contributed by atoms with Crippen molar-refractivity contribution in [3.8, 4) is 0 Å². The lowest BCUT2D eigenvalue weighted by atomic mass is 10.1. The van der Waals surface area contributed by atoms with Crippen molar-refractivity contribution in [1.82, 2.24) is 0 Å². The summed E-state index contributed by atoms with van der Waals surface area (Å²) in [6.07, 6.45) is 28.2. The van der Waals surface area contributed by atoms with Crippen LogP contribution in [0.2, 0.25) is 0 Å². The molecule has 0 aromatic heterocycles. The van der Waals surface area contributed by atoms with Crippen molar-refractivity contribution in [2.75, 3.05) is 66.1 Å². The SMILES string of the molecule is CCCCCCCCCCCCOCCCCCCCCCCCC.OCCOCCOCCOCCO. The second kappa shape index (κ2) is 41.2. The van der Waals surface area contributed by atoms with Crippen LogP contribution in [0.15, 0.2) is 0 Å². The molecule has 232 valence electrons. The van der Waals surface area contributed by atoms with Crippen LogP contribution < -0.4 is 0 Å². The Morgan fingerprint density at radius 3 is 0.816 bits per heavy atom. The summed E-state index contributed by atoms with van der Waals surface area (Å²) in [6.45, 7) is 9.33. The van der Waals surface area contributed by atoms with Gasteiger partial charge in [-0.1, -0.05) is 129 Å². The highest BCUT2D eigenvalue weighted by molar-refractivity contribution is 4.49. The number of unbranched alkanes of at least 4 members (excludes halogenated alkanes) is 18. The van der Waals surface area contributed by atoms with E-state index >= 15 is 0 Å². The number of hydrogen-bond donors (Lipinski definition) is 2. The van der Waals surface area contributed by atoms with E-state index < -0.39 is 0 Å². The van der Waals surface area contributed by atoms with Crippen LogP contribution in [0.25, 0.3) is 0 Å². The minimum absolute atomic E-state index is 0.0413. The van der Waals surface area contributed by atoms with Crippen molar-refractivity contribution >= 4 is 0 Å². The van der Waals surface area contributed by atoms with Gasteiger partial charge in [0.05, 0.1) is 52.9 Å². The van der Waals surface area contributed by atoms with E-state index in [0.717, 1.165) is 13.2 Å². The normalized spacial score (nSPS) is 11.1. The average molecular weight is 549 g/mol. The van der Waals surface area contributed by atoms with Gasteiger partial charge < -0.3 is 29.2 Å². The fraction of sp³-hybridized carbons (Fsp3) is 1.00. The predicted octanol–water partition coefficient (Wildman–Crippen LogP) is 7.87. The molecular weight excluding hydrogens is 480 g/mol. The number of aliphatic hydroxyl groups is 2. The summed E-state index contributed by atoms with van der Waals surface area (Å²) >= 11 is 0. The molecule has 0 spiro atoms. The van der Waals surface area contributed by atoms with Gasteiger partial charge in [0.15, 0.2) is 0 Å². The molecule has 0 fully saturated rings. The minimum atomic E-state index is 0.0413. The van der Waals surface area contributed by atoms with Crippen molar-refractivity contribution in [2.45, 2.75) is 142 Å². The van der Waals surface area contributed by atoms with Crippen LogP contribution >= 0.6 is 0 Å². The zero-order valence-corrected chi connectivity index (χ0v) is 25.7. The third-order valence-corrected chi connectivity index (χ3v) is 6.50. The van der Waals surface area contributed by atoms with Crippen LogP contribution in [-0.2, 0) is 18.9 Å². The van der Waals surface area contributed by atoms with Gasteiger partial charge in [-0.3, -0.25) is 0 Å². The standard InChI is InChI=1S/C24H50O.C8H18O5/c1-3-5-7-9-11-13-15-17-19-21-23-25-24-22-20-18-16-14-12-10-8-6-4-2;9-1-3-11-5-7-13-8-6-12-4-2-10/h3-24H2,1-2H3;9-10H,1-8H2. The maximum Gasteiger partial charge on any atom is 0.0701 e. The molecule has 0 saturated carbocycles. The van der Waals surface area contributed by atoms with E-state index in [1.165, 1.54) is 128 Å². The third kappa shape index (κ3) is 42.8. The largest absolute Gasteiger partial charge is 0.394 e. The molecule has 6 nitrogen and oxygen atoms in total. The molecule has 38 heavy (non-hydrogen) atoms. The topological polar surface area (TPSA) is 77.4 Å². The fourth-order valence-corrected chi connectivity index (χ4v) is 4.16. The summed E-state index contributed by atoms with van der Waals surface area (Å²) in [5.74, 6) is 0. The van der Waals surface area contributed by atoms with E-state index in [1.807, 2.05) is 0 Å². The van der Waals surface area contributed by atoms with Crippen LogP contribution in [0.3, 0.4) is 0 Å². The number of ether oxygens (including phenoxy) is 4. The lowest BCUT2D eigenvalue weighted by Crippen LogP contribution is -2.11. The van der Waals surface area contributed by atoms with Gasteiger partial charge in [0, 0.05) is 13.2 Å². The molecule has 0 rings (SSSR count). The van der Waals surface area contributed by atoms with E-state index in [0.29, 0.717) is 39.6 Å². The Balaban J connectivity index is 0. The van der Waals surface area contributed by atoms with Crippen LogP contribution in [0.5, 0.6) is 0 Å². The molecule has 0 aliphatic rings. The first kappa shape index (κ1) is 39.9. The Kier molecular flexibility index (Phi) is 43.3. The molecule has 0 aliphatic carbocycles. The number of rotatable bonds is 32. The molecular formula is C32H68O6. The summed E-state index contributed by atoms with van der Waals surface area (Å²) in [5, 5.41) is 16.7. The molecule has 0 aromatic rings. The van der Waals surface area contributed by atoms with Gasteiger partial charge in [0.25, 0.3) is 0 Å². The predicted molar refractivity (Wildman–Crippen MR) is 161 cm³/mol. The molecule has 0 heterocycles. The fourth-order valence-electron chi connectivity index (χ4n) is 4.16. The highest BCUT2D eigenvalue weighted by Gasteiger charge is 1.95. The number of hydrogen-bond acceptors (Lipinski definition) is 6. The van der Waals surface area contributed by atoms with Crippen LogP contribution in [0.4, 0.5) is 0 Å². The van der Waals surface area contributed by atoms with E-state index in [4.69, 9.17) is 29.2 Å². The van der Waals surface area contributed by atoms with Gasteiger partial charge in [-0.05, 0) is 12.8 Å². The zero-order chi connectivity index (χ0) is 28.0. The zero-order valence-electron chi connectivity index (χ0n) is 25.7. The molecule has 0 aromatic carbocycles. The lowest BCUT2D eigenvalue weighted by Gasteiger charge is -2.05. The molecule has 0 amide bonds. The maximum atomic E-state index is 8.36. The first-order chi connectivity index (χ1) is 18.8. The van der Waals surface area contributed by atoms with E-state index in [9.17, 15) is 0 Å². The maximum absolute atomic E-state index is 8.36. The quantitative estimate of drug-likeness (QED) is 0.0833. The first-order valence-corrected chi connectivity index (χ1v) is 16.4. The van der Waals surface area contributed by atoms with Gasteiger partial charge in [0.1, 0.15) is 0 Å². The van der Waals surface area contributed by atoms with Crippen molar-refractivity contribution in [3.05, 3.63) is 0 Å². The molecule has 0 unspecified atom stereocenters. The van der Waals surface area contributed by atoms with Crippen LogP contribution in [0, 0.1) is 0 Å². The van der Waals surface area contributed by atoms with Gasteiger partial charge >= 0.3 is 0 Å². The van der Waals surface area contributed by atoms with Crippen molar-refractivity contribution in [3.63, 3.8) is 0 Å². The van der Waals surface area contributed by atoms with Crippen LogP contribution in [0.1, 0.15) is 142 Å². The van der Waals surface area contributed by atoms with E-state index in [-0.39, 0.29) is 13.2 Å². The second-order valence-electron chi connectivity index (χ2n) is 10.3. The Morgan fingerprint density at radius 2 is 0.526 bits per heavy atom. The van der Waals surface area contributed by atoms with E-state index in [1.54, 1.807) is 0 Å². The summed E-state index contributed by atoms with van der Waals surface area (Å²) in [5.41, 5.74) is 0. The Morgan fingerprint density at radius 1 is 0.289 bits per heavy atom. The smallest absolute Gasteiger partial charge is 0.0701 e. The molecule has 0 atom stereocenters. The highest BCUT2D eigenvalue weighted by Crippen LogP contribution is 2.12. The summed E-state index contributed by atoms with van der Waals surface area (Å²) in [6, 6.07) is 0. The van der Waals surface area contributed by atoms with E-state index in [2.05, 4.69) is 13.8 Å². The third-order valence-electron chi connectivity index (χ3n) is 6.50. The van der Waals surface area contributed by atoms with Gasteiger partial charge in [-0.15, -0.1) is 0 Å². The molecule has 2 N–H and O–H groups in total. The van der Waals surface area contributed by atoms with Gasteiger partial charge in [-0.2, -0.15) is 0 Å². The highest BCUT2D eigenvalue weighted by atomic mass is 16.5. The van der Waals surface area contributed by atoms with Crippen molar-refractivity contribution in [2.24, 2.45) is 0 Å². The summed E-state index contributed by atoms with van der Waals surface area (Å²) in [7, 11) is 0.